The molecule has 9 heteroatoms. The van der Waals surface area contributed by atoms with Crippen LogP contribution >= 0.6 is 0 Å². The maximum atomic E-state index is 12.9. The summed E-state index contributed by atoms with van der Waals surface area (Å²) in [5.41, 5.74) is 6.94. The van der Waals surface area contributed by atoms with Crippen molar-refractivity contribution in [3.05, 3.63) is 65.7 Å². The van der Waals surface area contributed by atoms with Gasteiger partial charge in [0, 0.05) is 18.7 Å². The molecule has 0 radical (unpaired) electrons. The first-order chi connectivity index (χ1) is 14.9. The first-order valence-corrected chi connectivity index (χ1v) is 11.3. The van der Waals surface area contributed by atoms with Crippen LogP contribution in [0.25, 0.3) is 0 Å². The van der Waals surface area contributed by atoms with Crippen molar-refractivity contribution >= 4 is 28.6 Å². The van der Waals surface area contributed by atoms with Gasteiger partial charge in [0.25, 0.3) is 0 Å². The smallest absolute Gasteiger partial charge is 0.241 e. The summed E-state index contributed by atoms with van der Waals surface area (Å²) in [5, 5.41) is 10.2. The van der Waals surface area contributed by atoms with Crippen LogP contribution in [0.5, 0.6) is 0 Å². The summed E-state index contributed by atoms with van der Waals surface area (Å²) < 4.78 is 15.5. The molecule has 0 aromatic heterocycles. The van der Waals surface area contributed by atoms with Gasteiger partial charge in [-0.1, -0.05) is 42.5 Å². The summed E-state index contributed by atoms with van der Waals surface area (Å²) in [7, 11) is -1.49. The number of hydrogen-bond acceptors (Lipinski definition) is 4. The predicted octanol–water partition coefficient (Wildman–Crippen LogP) is 1.28. The van der Waals surface area contributed by atoms with E-state index in [0.717, 1.165) is 18.4 Å². The Hall–Kier alpha value is -3.04. The molecule has 0 spiro atoms. The molecule has 2 atom stereocenters. The molecule has 164 valence electrons. The lowest BCUT2D eigenvalue weighted by Crippen LogP contribution is -2.48. The highest BCUT2D eigenvalue weighted by Gasteiger charge is 2.29. The van der Waals surface area contributed by atoms with Crippen molar-refractivity contribution in [2.24, 2.45) is 5.73 Å². The molecule has 0 bridgehead atoms. The Morgan fingerprint density at radius 1 is 1.13 bits per heavy atom. The first-order valence-electron chi connectivity index (χ1n) is 10.2. The Morgan fingerprint density at radius 2 is 1.84 bits per heavy atom. The van der Waals surface area contributed by atoms with Crippen LogP contribution in [0.15, 0.2) is 59.5 Å². The zero-order valence-electron chi connectivity index (χ0n) is 17.2. The fraction of sp³-hybridized carbons (Fsp3) is 0.318. The van der Waals surface area contributed by atoms with Crippen molar-refractivity contribution in [2.75, 3.05) is 13.1 Å². The van der Waals surface area contributed by atoms with Crippen LogP contribution in [-0.4, -0.2) is 45.9 Å². The van der Waals surface area contributed by atoms with Crippen molar-refractivity contribution < 1.29 is 13.8 Å². The molecule has 1 fully saturated rings. The zero-order valence-corrected chi connectivity index (χ0v) is 18.0. The molecule has 1 heterocycles. The highest BCUT2D eigenvalue weighted by Crippen LogP contribution is 2.14. The van der Waals surface area contributed by atoms with Gasteiger partial charge in [-0.3, -0.25) is 15.0 Å². The minimum Gasteiger partial charge on any atom is -0.384 e. The number of nitrogens with zero attached hydrogens (tertiary/aromatic N) is 1. The van der Waals surface area contributed by atoms with Gasteiger partial charge in [0.05, 0.1) is 17.5 Å². The molecule has 8 nitrogen and oxygen atoms in total. The van der Waals surface area contributed by atoms with Crippen LogP contribution in [0.3, 0.4) is 0 Å². The van der Waals surface area contributed by atoms with Gasteiger partial charge in [-0.25, -0.2) is 8.93 Å². The third-order valence-electron chi connectivity index (χ3n) is 5.08. The number of nitrogens with two attached hydrogens (primary N) is 1. The maximum absolute atomic E-state index is 12.9. The van der Waals surface area contributed by atoms with E-state index in [1.165, 1.54) is 4.90 Å². The van der Waals surface area contributed by atoms with Crippen LogP contribution in [0.2, 0.25) is 0 Å². The van der Waals surface area contributed by atoms with Crippen molar-refractivity contribution in [2.45, 2.75) is 36.7 Å². The summed E-state index contributed by atoms with van der Waals surface area (Å²) in [5.74, 6) is -0.469. The third kappa shape index (κ3) is 6.47. The SMILES string of the molecule is N=C(N)c1ccc(CNC(=O)CN2CCCCC(NS(=O)c3ccccc3)C2=O)cc1. The average Bonchev–Trinajstić information content (AvgIpc) is 2.95. The van der Waals surface area contributed by atoms with Gasteiger partial charge in [-0.15, -0.1) is 0 Å². The molecule has 1 saturated heterocycles. The van der Waals surface area contributed by atoms with Gasteiger partial charge in [0.2, 0.25) is 11.8 Å². The van der Waals surface area contributed by atoms with Gasteiger partial charge >= 0.3 is 0 Å². The van der Waals surface area contributed by atoms with E-state index < -0.39 is 17.0 Å². The van der Waals surface area contributed by atoms with E-state index in [0.29, 0.717) is 30.0 Å². The standard InChI is InChI=1S/C22H27N5O3S/c23-21(24)17-11-9-16(10-12-17)14-25-20(28)15-27-13-5-4-8-19(22(27)29)26-31(30)18-6-2-1-3-7-18/h1-3,6-7,9-12,19,26H,4-5,8,13-15H2,(H3,23,24)(H,25,28). The molecule has 1 aliphatic rings. The molecule has 0 saturated carbocycles. The molecule has 3 rings (SSSR count). The van der Waals surface area contributed by atoms with Gasteiger partial charge in [0.15, 0.2) is 0 Å². The maximum Gasteiger partial charge on any atom is 0.241 e. The first kappa shape index (κ1) is 22.6. The topological polar surface area (TPSA) is 128 Å². The van der Waals surface area contributed by atoms with Gasteiger partial charge in [-0.2, -0.15) is 0 Å². The molecule has 2 amide bonds. The highest BCUT2D eigenvalue weighted by molar-refractivity contribution is 7.83. The molecule has 2 aromatic carbocycles. The number of nitrogens with one attached hydrogen (secondary N) is 3. The van der Waals surface area contributed by atoms with Gasteiger partial charge in [0.1, 0.15) is 16.8 Å². The number of hydrogen-bond donors (Lipinski definition) is 4. The van der Waals surface area contributed by atoms with E-state index in [2.05, 4.69) is 10.0 Å². The lowest BCUT2D eigenvalue weighted by Gasteiger charge is -2.24. The van der Waals surface area contributed by atoms with E-state index in [-0.39, 0.29) is 24.2 Å². The van der Waals surface area contributed by atoms with Crippen molar-refractivity contribution in [3.8, 4) is 0 Å². The highest BCUT2D eigenvalue weighted by atomic mass is 32.2. The molecule has 1 aliphatic heterocycles. The number of carbonyl (C=O) groups is 2. The van der Waals surface area contributed by atoms with Crippen LogP contribution in [-0.2, 0) is 27.1 Å². The fourth-order valence-corrected chi connectivity index (χ4v) is 4.36. The number of likely N-dealkylation sites (tertiary alicyclic amines) is 1. The van der Waals surface area contributed by atoms with Gasteiger partial charge in [-0.05, 0) is 37.0 Å². The minimum atomic E-state index is -1.49. The van der Waals surface area contributed by atoms with E-state index in [1.54, 1.807) is 48.5 Å². The predicted molar refractivity (Wildman–Crippen MR) is 120 cm³/mol. The second kappa shape index (κ2) is 10.8. The monoisotopic (exact) mass is 441 g/mol. The van der Waals surface area contributed by atoms with E-state index in [9.17, 15) is 13.8 Å². The summed E-state index contributed by atoms with van der Waals surface area (Å²) in [6.07, 6.45) is 2.19. The number of rotatable bonds is 8. The molecule has 2 unspecified atom stereocenters. The second-order valence-corrected chi connectivity index (χ2v) is 8.64. The van der Waals surface area contributed by atoms with E-state index in [4.69, 9.17) is 11.1 Å². The minimum absolute atomic E-state index is 0.00776. The summed E-state index contributed by atoms with van der Waals surface area (Å²) in [4.78, 5) is 27.5. The number of amidine groups is 1. The second-order valence-electron chi connectivity index (χ2n) is 7.40. The molecule has 31 heavy (non-hydrogen) atoms. The largest absolute Gasteiger partial charge is 0.384 e. The number of nitrogen functional groups attached to an aromatic ring is 1. The molecular weight excluding hydrogens is 414 g/mol. The summed E-state index contributed by atoms with van der Waals surface area (Å²) in [6.45, 7) is 0.773. The van der Waals surface area contributed by atoms with Crippen molar-refractivity contribution in [1.82, 2.24) is 14.9 Å². The lowest BCUT2D eigenvalue weighted by atomic mass is 10.1. The Morgan fingerprint density at radius 3 is 2.52 bits per heavy atom. The van der Waals surface area contributed by atoms with Crippen LogP contribution in [0, 0.1) is 5.41 Å². The van der Waals surface area contributed by atoms with Crippen molar-refractivity contribution in [3.63, 3.8) is 0 Å². The summed E-state index contributed by atoms with van der Waals surface area (Å²) in [6, 6.07) is 15.4. The zero-order chi connectivity index (χ0) is 22.2. The average molecular weight is 442 g/mol. The van der Waals surface area contributed by atoms with Crippen LogP contribution < -0.4 is 15.8 Å². The molecular formula is C22H27N5O3S. The molecule has 0 aliphatic carbocycles. The van der Waals surface area contributed by atoms with Crippen molar-refractivity contribution in [1.29, 1.82) is 5.41 Å². The van der Waals surface area contributed by atoms with E-state index >= 15 is 0 Å². The van der Waals surface area contributed by atoms with Crippen LogP contribution in [0.1, 0.15) is 30.4 Å². The quantitative estimate of drug-likeness (QED) is 0.363. The Balaban J connectivity index is 1.54. The number of amides is 2. The number of benzene rings is 2. The Kier molecular flexibility index (Phi) is 7.91. The third-order valence-corrected chi connectivity index (χ3v) is 6.28. The Labute approximate surface area is 184 Å². The fourth-order valence-electron chi connectivity index (χ4n) is 3.34. The molecule has 5 N–H and O–H groups in total. The van der Waals surface area contributed by atoms with Crippen LogP contribution in [0.4, 0.5) is 0 Å². The summed E-state index contributed by atoms with van der Waals surface area (Å²) >= 11 is 0. The van der Waals surface area contributed by atoms with Gasteiger partial charge < -0.3 is 16.0 Å². The lowest BCUT2D eigenvalue weighted by molar-refractivity contribution is -0.136. The Bertz CT molecular complexity index is 949. The number of carbonyl (C=O) groups excluding carboxylic acids is 2. The normalized spacial score (nSPS) is 17.6. The molecule has 2 aromatic rings. The van der Waals surface area contributed by atoms with E-state index in [1.807, 2.05) is 6.07 Å².